The Bertz CT molecular complexity index is 790. The molecule has 1 aromatic carbocycles. The number of pyridine rings is 1. The topological polar surface area (TPSA) is 57.4 Å². The van der Waals surface area contributed by atoms with E-state index >= 15 is 0 Å². The standard InChI is InChI=1S/C18H23N3O2.BrH/c1-2-12-7-13-9-17-14(8-16(13)20-18(12)22)11-21-5-4-19-10-15(21)3-6-23-17;/h7-9,15,19H,2-6,10-11H2,1H3,(H,20,22);1H/t15-;/m1./s1. The summed E-state index contributed by atoms with van der Waals surface area (Å²) in [5, 5.41) is 4.51. The Balaban J connectivity index is 0.00000169. The first kappa shape index (κ1) is 17.5. The maximum atomic E-state index is 12.1. The van der Waals surface area contributed by atoms with Crippen LogP contribution < -0.4 is 15.6 Å². The van der Waals surface area contributed by atoms with Crippen LogP contribution >= 0.6 is 17.0 Å². The van der Waals surface area contributed by atoms with Gasteiger partial charge in [-0.15, -0.1) is 17.0 Å². The zero-order valence-corrected chi connectivity index (χ0v) is 15.6. The molecule has 0 saturated carbocycles. The average Bonchev–Trinajstić information content (AvgIpc) is 2.54. The number of ether oxygens (including phenoxy) is 1. The van der Waals surface area contributed by atoms with Gasteiger partial charge in [0.25, 0.3) is 5.56 Å². The number of aromatic nitrogens is 1. The van der Waals surface area contributed by atoms with Crippen molar-refractivity contribution in [3.05, 3.63) is 39.7 Å². The van der Waals surface area contributed by atoms with E-state index in [4.69, 9.17) is 4.74 Å². The third-order valence-electron chi connectivity index (χ3n) is 5.04. The van der Waals surface area contributed by atoms with Crippen molar-refractivity contribution >= 4 is 27.9 Å². The molecule has 0 amide bonds. The van der Waals surface area contributed by atoms with E-state index < -0.39 is 0 Å². The third kappa shape index (κ3) is 3.23. The van der Waals surface area contributed by atoms with E-state index in [1.807, 2.05) is 13.0 Å². The molecule has 2 aromatic rings. The van der Waals surface area contributed by atoms with Gasteiger partial charge >= 0.3 is 0 Å². The molecule has 2 aliphatic heterocycles. The summed E-state index contributed by atoms with van der Waals surface area (Å²) in [6.07, 6.45) is 1.79. The lowest BCUT2D eigenvalue weighted by Crippen LogP contribution is -2.51. The van der Waals surface area contributed by atoms with Crippen molar-refractivity contribution in [2.45, 2.75) is 32.4 Å². The van der Waals surface area contributed by atoms with E-state index in [2.05, 4.69) is 27.3 Å². The third-order valence-corrected chi connectivity index (χ3v) is 5.04. The van der Waals surface area contributed by atoms with E-state index in [1.54, 1.807) is 0 Å². The van der Waals surface area contributed by atoms with Gasteiger partial charge in [-0.1, -0.05) is 6.92 Å². The number of rotatable bonds is 1. The second kappa shape index (κ2) is 7.25. The predicted molar refractivity (Wildman–Crippen MR) is 101 cm³/mol. The molecule has 5 nitrogen and oxygen atoms in total. The summed E-state index contributed by atoms with van der Waals surface area (Å²) in [6, 6.07) is 6.71. The molecule has 24 heavy (non-hydrogen) atoms. The Morgan fingerprint density at radius 1 is 1.33 bits per heavy atom. The minimum atomic E-state index is 0. The van der Waals surface area contributed by atoms with Gasteiger partial charge in [-0.2, -0.15) is 0 Å². The van der Waals surface area contributed by atoms with Crippen LogP contribution in [-0.4, -0.2) is 42.2 Å². The summed E-state index contributed by atoms with van der Waals surface area (Å²) < 4.78 is 6.04. The van der Waals surface area contributed by atoms with Crippen LogP contribution in [0.2, 0.25) is 0 Å². The van der Waals surface area contributed by atoms with Crippen LogP contribution in [0.15, 0.2) is 23.0 Å². The van der Waals surface area contributed by atoms with Gasteiger partial charge in [0.05, 0.1) is 6.61 Å². The van der Waals surface area contributed by atoms with Crippen molar-refractivity contribution in [1.29, 1.82) is 0 Å². The maximum Gasteiger partial charge on any atom is 0.251 e. The molecular formula is C18H24BrN3O2. The number of piperazine rings is 1. The average molecular weight is 394 g/mol. The SMILES string of the molecule is Br.CCc1cc2cc3c(cc2[nH]c1=O)CN1CCNC[C@H]1CCO3. The quantitative estimate of drug-likeness (QED) is 0.779. The number of aromatic amines is 1. The van der Waals surface area contributed by atoms with Crippen LogP contribution in [0.5, 0.6) is 5.75 Å². The van der Waals surface area contributed by atoms with Crippen molar-refractivity contribution in [2.24, 2.45) is 0 Å². The number of hydrogen-bond donors (Lipinski definition) is 2. The smallest absolute Gasteiger partial charge is 0.251 e. The molecule has 0 unspecified atom stereocenters. The van der Waals surface area contributed by atoms with Crippen LogP contribution in [0.1, 0.15) is 24.5 Å². The first-order chi connectivity index (χ1) is 11.2. The van der Waals surface area contributed by atoms with Crippen molar-refractivity contribution in [2.75, 3.05) is 26.2 Å². The van der Waals surface area contributed by atoms with E-state index in [9.17, 15) is 4.79 Å². The Kier molecular flexibility index (Phi) is 5.27. The Morgan fingerprint density at radius 3 is 3.04 bits per heavy atom. The molecule has 130 valence electrons. The number of benzene rings is 1. The molecule has 1 aromatic heterocycles. The second-order valence-electron chi connectivity index (χ2n) is 6.49. The number of nitrogens with zero attached hydrogens (tertiary/aromatic N) is 1. The largest absolute Gasteiger partial charge is 0.493 e. The lowest BCUT2D eigenvalue weighted by Gasteiger charge is -2.38. The summed E-state index contributed by atoms with van der Waals surface area (Å²) in [7, 11) is 0. The van der Waals surface area contributed by atoms with E-state index in [0.29, 0.717) is 6.04 Å². The van der Waals surface area contributed by atoms with Gasteiger partial charge in [0.2, 0.25) is 0 Å². The first-order valence-electron chi connectivity index (χ1n) is 8.51. The molecule has 4 rings (SSSR count). The summed E-state index contributed by atoms with van der Waals surface area (Å²) >= 11 is 0. The molecule has 1 atom stereocenters. The molecule has 1 fully saturated rings. The molecule has 2 N–H and O–H groups in total. The first-order valence-corrected chi connectivity index (χ1v) is 8.51. The van der Waals surface area contributed by atoms with Crippen LogP contribution in [0, 0.1) is 0 Å². The monoisotopic (exact) mass is 393 g/mol. The van der Waals surface area contributed by atoms with Gasteiger partial charge in [0.15, 0.2) is 0 Å². The summed E-state index contributed by atoms with van der Waals surface area (Å²) in [6.45, 7) is 6.76. The zero-order valence-electron chi connectivity index (χ0n) is 13.9. The van der Waals surface area contributed by atoms with Crippen molar-refractivity contribution in [3.63, 3.8) is 0 Å². The van der Waals surface area contributed by atoms with Gasteiger partial charge in [-0.05, 0) is 31.0 Å². The van der Waals surface area contributed by atoms with Gasteiger partial charge in [0.1, 0.15) is 5.75 Å². The Hall–Kier alpha value is -1.37. The molecule has 0 radical (unpaired) electrons. The highest BCUT2D eigenvalue weighted by atomic mass is 79.9. The zero-order chi connectivity index (χ0) is 15.8. The minimum absolute atomic E-state index is 0. The number of aryl methyl sites for hydroxylation is 1. The minimum Gasteiger partial charge on any atom is -0.493 e. The molecule has 0 spiro atoms. The molecule has 1 saturated heterocycles. The number of hydrogen-bond acceptors (Lipinski definition) is 4. The fourth-order valence-corrected chi connectivity index (χ4v) is 3.66. The summed E-state index contributed by atoms with van der Waals surface area (Å²) in [5.74, 6) is 0.962. The van der Waals surface area contributed by atoms with Crippen molar-refractivity contribution in [1.82, 2.24) is 15.2 Å². The molecular weight excluding hydrogens is 370 g/mol. The van der Waals surface area contributed by atoms with Crippen molar-refractivity contribution in [3.8, 4) is 5.75 Å². The van der Waals surface area contributed by atoms with E-state index in [-0.39, 0.29) is 22.5 Å². The number of nitrogens with one attached hydrogen (secondary N) is 2. The number of halogens is 1. The predicted octanol–water partition coefficient (Wildman–Crippen LogP) is 2.22. The highest BCUT2D eigenvalue weighted by Crippen LogP contribution is 2.29. The molecule has 2 aliphatic rings. The van der Waals surface area contributed by atoms with Crippen LogP contribution in [0.4, 0.5) is 0 Å². The van der Waals surface area contributed by atoms with Crippen molar-refractivity contribution < 1.29 is 4.74 Å². The fraction of sp³-hybridized carbons (Fsp3) is 0.500. The molecule has 6 heteroatoms. The lowest BCUT2D eigenvalue weighted by molar-refractivity contribution is 0.115. The van der Waals surface area contributed by atoms with Gasteiger partial charge in [-0.3, -0.25) is 9.69 Å². The van der Waals surface area contributed by atoms with Crippen LogP contribution in [0.3, 0.4) is 0 Å². The molecule has 0 aliphatic carbocycles. The molecule has 3 heterocycles. The van der Waals surface area contributed by atoms with Crippen LogP contribution in [0.25, 0.3) is 10.9 Å². The number of H-pyrrole nitrogens is 1. The Morgan fingerprint density at radius 2 is 2.21 bits per heavy atom. The molecule has 0 bridgehead atoms. The maximum absolute atomic E-state index is 12.1. The van der Waals surface area contributed by atoms with Gasteiger partial charge in [0, 0.05) is 54.3 Å². The lowest BCUT2D eigenvalue weighted by atomic mass is 10.0. The summed E-state index contributed by atoms with van der Waals surface area (Å²) in [5.41, 5.74) is 2.92. The fourth-order valence-electron chi connectivity index (χ4n) is 3.66. The van der Waals surface area contributed by atoms with Gasteiger partial charge in [-0.25, -0.2) is 0 Å². The van der Waals surface area contributed by atoms with E-state index in [1.165, 1.54) is 5.56 Å². The summed E-state index contributed by atoms with van der Waals surface area (Å²) in [4.78, 5) is 17.6. The highest BCUT2D eigenvalue weighted by molar-refractivity contribution is 8.93. The van der Waals surface area contributed by atoms with Gasteiger partial charge < -0.3 is 15.0 Å². The van der Waals surface area contributed by atoms with E-state index in [0.717, 1.165) is 67.8 Å². The number of fused-ring (bicyclic) bond motifs is 3. The second-order valence-corrected chi connectivity index (χ2v) is 6.49. The Labute approximate surface area is 152 Å². The normalized spacial score (nSPS) is 21.0. The van der Waals surface area contributed by atoms with Crippen LogP contribution in [-0.2, 0) is 13.0 Å². The highest BCUT2D eigenvalue weighted by Gasteiger charge is 2.25.